The summed E-state index contributed by atoms with van der Waals surface area (Å²) in [5.74, 6) is 0.386. The van der Waals surface area contributed by atoms with Crippen molar-refractivity contribution in [1.29, 1.82) is 0 Å². The summed E-state index contributed by atoms with van der Waals surface area (Å²) in [7, 11) is -3.75. The monoisotopic (exact) mass is 349 g/mol. The SMILES string of the molecule is Nc1cc(Cl)cc(Cl)c1S(=O)(=O)NC1CN2CCC1CC2. The summed E-state index contributed by atoms with van der Waals surface area (Å²) in [4.78, 5) is 2.20. The minimum atomic E-state index is -3.75. The fraction of sp³-hybridized carbons (Fsp3) is 0.538. The van der Waals surface area contributed by atoms with Crippen LogP contribution < -0.4 is 10.5 Å². The standard InChI is InChI=1S/C13H17Cl2N3O2S/c14-9-5-10(15)13(11(16)6-9)21(19,20)17-12-7-18-3-1-8(12)2-4-18/h5-6,8,12,17H,1-4,7,16H2. The third-order valence-corrected chi connectivity index (χ3v) is 6.50. The zero-order valence-electron chi connectivity index (χ0n) is 11.4. The normalized spacial score (nSPS) is 28.8. The van der Waals surface area contributed by atoms with Gasteiger partial charge in [-0.05, 0) is 44.0 Å². The number of nitrogens with zero attached hydrogens (tertiary/aromatic N) is 1. The van der Waals surface area contributed by atoms with E-state index in [-0.39, 0.29) is 21.6 Å². The Hall–Kier alpha value is -0.530. The topological polar surface area (TPSA) is 75.4 Å². The fourth-order valence-corrected chi connectivity index (χ4v) is 5.50. The van der Waals surface area contributed by atoms with E-state index in [1.165, 1.54) is 12.1 Å². The average Bonchev–Trinajstić information content (AvgIpc) is 2.37. The highest BCUT2D eigenvalue weighted by Crippen LogP contribution is 2.33. The Kier molecular flexibility index (Phi) is 4.09. The Morgan fingerprint density at radius 1 is 1.24 bits per heavy atom. The molecule has 0 saturated carbocycles. The van der Waals surface area contributed by atoms with Gasteiger partial charge in [0.25, 0.3) is 0 Å². The Morgan fingerprint density at radius 2 is 1.90 bits per heavy atom. The lowest BCUT2D eigenvalue weighted by Gasteiger charge is -2.44. The molecule has 3 N–H and O–H groups in total. The molecule has 1 aromatic rings. The quantitative estimate of drug-likeness (QED) is 0.817. The molecule has 1 aromatic carbocycles. The van der Waals surface area contributed by atoms with Crippen LogP contribution in [0.5, 0.6) is 0 Å². The predicted molar refractivity (Wildman–Crippen MR) is 84.1 cm³/mol. The van der Waals surface area contributed by atoms with Gasteiger partial charge in [-0.1, -0.05) is 23.2 Å². The molecule has 0 spiro atoms. The number of fused-ring (bicyclic) bond motifs is 3. The number of halogens is 2. The summed E-state index contributed by atoms with van der Waals surface area (Å²) in [5, 5.41) is 0.369. The van der Waals surface area contributed by atoms with Gasteiger partial charge in [-0.3, -0.25) is 0 Å². The van der Waals surface area contributed by atoms with Crippen LogP contribution in [0.25, 0.3) is 0 Å². The molecule has 0 aromatic heterocycles. The molecule has 2 bridgehead atoms. The van der Waals surface area contributed by atoms with Gasteiger partial charge in [-0.15, -0.1) is 0 Å². The van der Waals surface area contributed by atoms with E-state index in [9.17, 15) is 8.42 Å². The average molecular weight is 350 g/mol. The summed E-state index contributed by atoms with van der Waals surface area (Å²) in [6.45, 7) is 2.84. The van der Waals surface area contributed by atoms with E-state index < -0.39 is 10.0 Å². The van der Waals surface area contributed by atoms with E-state index in [0.29, 0.717) is 10.9 Å². The van der Waals surface area contributed by atoms with Crippen molar-refractivity contribution in [3.8, 4) is 0 Å². The van der Waals surface area contributed by atoms with Crippen molar-refractivity contribution in [2.45, 2.75) is 23.8 Å². The molecule has 116 valence electrons. The number of sulfonamides is 1. The molecule has 3 fully saturated rings. The number of anilines is 1. The van der Waals surface area contributed by atoms with Gasteiger partial charge in [0.1, 0.15) is 4.90 Å². The maximum absolute atomic E-state index is 12.6. The van der Waals surface area contributed by atoms with Crippen molar-refractivity contribution in [3.63, 3.8) is 0 Å². The van der Waals surface area contributed by atoms with Crippen molar-refractivity contribution in [2.75, 3.05) is 25.4 Å². The van der Waals surface area contributed by atoms with Crippen molar-refractivity contribution in [3.05, 3.63) is 22.2 Å². The Balaban J connectivity index is 1.88. The number of nitrogens with one attached hydrogen (secondary N) is 1. The molecule has 21 heavy (non-hydrogen) atoms. The lowest BCUT2D eigenvalue weighted by molar-refractivity contribution is 0.0827. The second-order valence-corrected chi connectivity index (χ2v) is 8.17. The molecular weight excluding hydrogens is 333 g/mol. The minimum absolute atomic E-state index is 0.0498. The number of nitrogens with two attached hydrogens (primary N) is 1. The molecule has 0 aliphatic carbocycles. The molecular formula is C13H17Cl2N3O2S. The van der Waals surface area contributed by atoms with E-state index in [1.807, 2.05) is 0 Å². The molecule has 5 nitrogen and oxygen atoms in total. The third kappa shape index (κ3) is 3.00. The Morgan fingerprint density at radius 3 is 2.43 bits per heavy atom. The molecule has 1 unspecified atom stereocenters. The lowest BCUT2D eigenvalue weighted by atomic mass is 9.85. The van der Waals surface area contributed by atoms with Crippen molar-refractivity contribution < 1.29 is 8.42 Å². The smallest absolute Gasteiger partial charge is 0.244 e. The largest absolute Gasteiger partial charge is 0.398 e. The van der Waals surface area contributed by atoms with Gasteiger partial charge in [-0.25, -0.2) is 13.1 Å². The molecule has 0 radical (unpaired) electrons. The van der Waals surface area contributed by atoms with Crippen LogP contribution in [-0.4, -0.2) is 39.0 Å². The van der Waals surface area contributed by atoms with Gasteiger partial charge in [0, 0.05) is 17.6 Å². The Bertz CT molecular complexity index is 634. The first kappa shape index (κ1) is 15.4. The van der Waals surface area contributed by atoms with E-state index in [4.69, 9.17) is 28.9 Å². The number of nitrogen functional groups attached to an aromatic ring is 1. The molecule has 1 atom stereocenters. The number of hydrogen-bond donors (Lipinski definition) is 2. The minimum Gasteiger partial charge on any atom is -0.398 e. The lowest BCUT2D eigenvalue weighted by Crippen LogP contribution is -2.57. The van der Waals surface area contributed by atoms with Crippen LogP contribution in [0.2, 0.25) is 10.0 Å². The van der Waals surface area contributed by atoms with Crippen LogP contribution in [0, 0.1) is 5.92 Å². The van der Waals surface area contributed by atoms with Gasteiger partial charge in [0.15, 0.2) is 0 Å². The number of hydrogen-bond acceptors (Lipinski definition) is 4. The molecule has 3 heterocycles. The first-order valence-corrected chi connectivity index (χ1v) is 9.10. The fourth-order valence-electron chi connectivity index (χ4n) is 3.22. The highest BCUT2D eigenvalue weighted by molar-refractivity contribution is 7.89. The molecule has 8 heteroatoms. The van der Waals surface area contributed by atoms with Gasteiger partial charge < -0.3 is 10.6 Å². The Labute approximate surface area is 134 Å². The molecule has 0 amide bonds. The van der Waals surface area contributed by atoms with E-state index in [0.717, 1.165) is 32.5 Å². The maximum atomic E-state index is 12.6. The first-order chi connectivity index (χ1) is 9.87. The summed E-state index contributed by atoms with van der Waals surface area (Å²) < 4.78 is 28.0. The van der Waals surface area contributed by atoms with Crippen molar-refractivity contribution in [2.24, 2.45) is 5.92 Å². The summed E-state index contributed by atoms with van der Waals surface area (Å²) in [5.41, 5.74) is 5.86. The van der Waals surface area contributed by atoms with Gasteiger partial charge >= 0.3 is 0 Å². The summed E-state index contributed by atoms with van der Waals surface area (Å²) in [6.07, 6.45) is 2.05. The number of benzene rings is 1. The van der Waals surface area contributed by atoms with Crippen LogP contribution in [0.1, 0.15) is 12.8 Å². The van der Waals surface area contributed by atoms with E-state index in [2.05, 4.69) is 9.62 Å². The number of piperidine rings is 3. The van der Waals surface area contributed by atoms with Crippen LogP contribution in [0.3, 0.4) is 0 Å². The molecule has 3 saturated heterocycles. The van der Waals surface area contributed by atoms with E-state index >= 15 is 0 Å². The van der Waals surface area contributed by atoms with Crippen LogP contribution in [-0.2, 0) is 10.0 Å². The zero-order valence-corrected chi connectivity index (χ0v) is 13.7. The van der Waals surface area contributed by atoms with Crippen LogP contribution >= 0.6 is 23.2 Å². The predicted octanol–water partition coefficient (Wildman–Crippen LogP) is 1.95. The van der Waals surface area contributed by atoms with Gasteiger partial charge in [0.2, 0.25) is 10.0 Å². The van der Waals surface area contributed by atoms with Crippen LogP contribution in [0.4, 0.5) is 5.69 Å². The van der Waals surface area contributed by atoms with Crippen molar-refractivity contribution in [1.82, 2.24) is 9.62 Å². The second kappa shape index (κ2) is 5.59. The molecule has 4 rings (SSSR count). The molecule has 3 aliphatic heterocycles. The van der Waals surface area contributed by atoms with Gasteiger partial charge in [-0.2, -0.15) is 0 Å². The van der Waals surface area contributed by atoms with E-state index in [1.54, 1.807) is 0 Å². The molecule has 3 aliphatic rings. The van der Waals surface area contributed by atoms with Gasteiger partial charge in [0.05, 0.1) is 10.7 Å². The summed E-state index contributed by atoms with van der Waals surface area (Å²) in [6, 6.07) is 2.71. The van der Waals surface area contributed by atoms with Crippen LogP contribution in [0.15, 0.2) is 17.0 Å². The zero-order chi connectivity index (χ0) is 15.2. The number of rotatable bonds is 3. The second-order valence-electron chi connectivity index (χ2n) is 5.67. The highest BCUT2D eigenvalue weighted by atomic mass is 35.5. The highest BCUT2D eigenvalue weighted by Gasteiger charge is 2.37. The maximum Gasteiger partial charge on any atom is 0.244 e. The third-order valence-electron chi connectivity index (χ3n) is 4.27. The van der Waals surface area contributed by atoms with Crippen molar-refractivity contribution >= 4 is 38.9 Å². The summed E-state index contributed by atoms with van der Waals surface area (Å²) >= 11 is 11.9. The first-order valence-electron chi connectivity index (χ1n) is 6.86.